The molecule has 2 saturated carbocycles. The van der Waals surface area contributed by atoms with E-state index in [1.54, 1.807) is 0 Å². The predicted molar refractivity (Wildman–Crippen MR) is 91.4 cm³/mol. The van der Waals surface area contributed by atoms with Crippen molar-refractivity contribution in [1.82, 2.24) is 19.4 Å². The molecule has 2 aliphatic carbocycles. The molecule has 0 radical (unpaired) electrons. The van der Waals surface area contributed by atoms with Gasteiger partial charge in [-0.25, -0.2) is 9.97 Å². The molecule has 130 valence electrons. The van der Waals surface area contributed by atoms with Crippen LogP contribution in [0.5, 0.6) is 0 Å². The SMILES string of the molecule is CN(CC1CC(n2ccc3c(N)ncnc32)C(O)C1O)C1CCC1. The zero-order chi connectivity index (χ0) is 16.8. The van der Waals surface area contributed by atoms with Gasteiger partial charge in [0.05, 0.1) is 17.5 Å². The van der Waals surface area contributed by atoms with Gasteiger partial charge in [0, 0.05) is 24.7 Å². The molecule has 4 atom stereocenters. The molecule has 0 aliphatic heterocycles. The molecule has 2 aromatic heterocycles. The maximum Gasteiger partial charge on any atom is 0.145 e. The Morgan fingerprint density at radius 2 is 2.08 bits per heavy atom. The molecule has 7 nitrogen and oxygen atoms in total. The molecule has 2 aromatic rings. The number of anilines is 1. The van der Waals surface area contributed by atoms with Crippen molar-refractivity contribution in [1.29, 1.82) is 0 Å². The van der Waals surface area contributed by atoms with Crippen LogP contribution in [0.15, 0.2) is 18.6 Å². The highest BCUT2D eigenvalue weighted by molar-refractivity contribution is 5.86. The van der Waals surface area contributed by atoms with Gasteiger partial charge in [0.15, 0.2) is 0 Å². The number of aromatic nitrogens is 3. The van der Waals surface area contributed by atoms with Crippen molar-refractivity contribution in [3.05, 3.63) is 18.6 Å². The zero-order valence-corrected chi connectivity index (χ0v) is 13.9. The second-order valence-electron chi connectivity index (χ2n) is 7.29. The molecule has 4 N–H and O–H groups in total. The fourth-order valence-corrected chi connectivity index (χ4v) is 4.16. The second kappa shape index (κ2) is 5.98. The number of aliphatic hydroxyl groups excluding tert-OH is 2. The molecule has 4 rings (SSSR count). The van der Waals surface area contributed by atoms with Crippen LogP contribution >= 0.6 is 0 Å². The van der Waals surface area contributed by atoms with Gasteiger partial charge in [-0.05, 0) is 32.4 Å². The van der Waals surface area contributed by atoms with Crippen LogP contribution in [-0.4, -0.2) is 61.5 Å². The highest BCUT2D eigenvalue weighted by Crippen LogP contribution is 2.38. The summed E-state index contributed by atoms with van der Waals surface area (Å²) >= 11 is 0. The monoisotopic (exact) mass is 331 g/mol. The van der Waals surface area contributed by atoms with E-state index in [4.69, 9.17) is 5.73 Å². The van der Waals surface area contributed by atoms with Gasteiger partial charge >= 0.3 is 0 Å². The van der Waals surface area contributed by atoms with E-state index in [1.807, 2.05) is 16.8 Å². The van der Waals surface area contributed by atoms with Gasteiger partial charge in [-0.2, -0.15) is 0 Å². The van der Waals surface area contributed by atoms with Crippen molar-refractivity contribution in [2.24, 2.45) is 5.92 Å². The summed E-state index contributed by atoms with van der Waals surface area (Å²) in [4.78, 5) is 10.7. The summed E-state index contributed by atoms with van der Waals surface area (Å²) in [6.45, 7) is 0.815. The fourth-order valence-electron chi connectivity index (χ4n) is 4.16. The Morgan fingerprint density at radius 1 is 1.29 bits per heavy atom. The first-order valence-electron chi connectivity index (χ1n) is 8.69. The number of hydrogen-bond donors (Lipinski definition) is 3. The summed E-state index contributed by atoms with van der Waals surface area (Å²) in [7, 11) is 2.12. The van der Waals surface area contributed by atoms with Gasteiger partial charge in [0.1, 0.15) is 23.9 Å². The number of nitrogen functional groups attached to an aromatic ring is 1. The lowest BCUT2D eigenvalue weighted by Crippen LogP contribution is -2.42. The molecule has 7 heteroatoms. The van der Waals surface area contributed by atoms with Gasteiger partial charge in [-0.15, -0.1) is 0 Å². The van der Waals surface area contributed by atoms with Crippen LogP contribution in [0.1, 0.15) is 31.7 Å². The highest BCUT2D eigenvalue weighted by atomic mass is 16.3. The smallest absolute Gasteiger partial charge is 0.145 e. The van der Waals surface area contributed by atoms with Crippen LogP contribution < -0.4 is 5.73 Å². The first-order valence-corrected chi connectivity index (χ1v) is 8.69. The first kappa shape index (κ1) is 15.8. The van der Waals surface area contributed by atoms with E-state index < -0.39 is 12.2 Å². The summed E-state index contributed by atoms with van der Waals surface area (Å²) in [5, 5.41) is 21.9. The van der Waals surface area contributed by atoms with Gasteiger partial charge < -0.3 is 25.4 Å². The van der Waals surface area contributed by atoms with Crippen molar-refractivity contribution in [2.75, 3.05) is 19.3 Å². The zero-order valence-electron chi connectivity index (χ0n) is 13.9. The van der Waals surface area contributed by atoms with Crippen LogP contribution in [0.3, 0.4) is 0 Å². The average molecular weight is 331 g/mol. The number of nitrogens with two attached hydrogens (primary N) is 1. The maximum absolute atomic E-state index is 10.6. The number of hydrogen-bond acceptors (Lipinski definition) is 6. The van der Waals surface area contributed by atoms with Crippen molar-refractivity contribution >= 4 is 16.9 Å². The van der Waals surface area contributed by atoms with E-state index in [1.165, 1.54) is 25.6 Å². The molecule has 0 saturated heterocycles. The summed E-state index contributed by atoms with van der Waals surface area (Å²) in [6.07, 6.45) is 6.32. The summed E-state index contributed by atoms with van der Waals surface area (Å²) in [5.41, 5.74) is 6.61. The summed E-state index contributed by atoms with van der Waals surface area (Å²) in [5.74, 6) is 0.500. The van der Waals surface area contributed by atoms with Crippen LogP contribution in [0.4, 0.5) is 5.82 Å². The predicted octanol–water partition coefficient (Wildman–Crippen LogP) is 0.781. The summed E-state index contributed by atoms with van der Waals surface area (Å²) in [6, 6.07) is 2.32. The molecule has 4 unspecified atom stereocenters. The molecule has 0 aromatic carbocycles. The lowest BCUT2D eigenvalue weighted by Gasteiger charge is -2.36. The Morgan fingerprint density at radius 3 is 2.79 bits per heavy atom. The molecule has 0 spiro atoms. The molecular formula is C17H25N5O2. The normalized spacial score (nSPS) is 31.0. The van der Waals surface area contributed by atoms with E-state index in [2.05, 4.69) is 21.9 Å². The molecule has 2 fully saturated rings. The minimum Gasteiger partial charge on any atom is -0.390 e. The quantitative estimate of drug-likeness (QED) is 0.765. The minimum atomic E-state index is -0.795. The van der Waals surface area contributed by atoms with Gasteiger partial charge in [0.2, 0.25) is 0 Å². The number of aliphatic hydroxyl groups is 2. The van der Waals surface area contributed by atoms with E-state index in [0.29, 0.717) is 17.5 Å². The van der Waals surface area contributed by atoms with Crippen molar-refractivity contribution < 1.29 is 10.2 Å². The van der Waals surface area contributed by atoms with Gasteiger partial charge in [-0.1, -0.05) is 6.42 Å². The van der Waals surface area contributed by atoms with Crippen molar-refractivity contribution in [3.8, 4) is 0 Å². The van der Waals surface area contributed by atoms with E-state index in [-0.39, 0.29) is 12.0 Å². The first-order chi connectivity index (χ1) is 11.6. The van der Waals surface area contributed by atoms with Gasteiger partial charge in [0.25, 0.3) is 0 Å². The third kappa shape index (κ3) is 2.47. The minimum absolute atomic E-state index is 0.0623. The topological polar surface area (TPSA) is 100 Å². The van der Waals surface area contributed by atoms with Crippen LogP contribution in [-0.2, 0) is 0 Å². The summed E-state index contributed by atoms with van der Waals surface area (Å²) < 4.78 is 1.94. The third-order valence-corrected chi connectivity index (χ3v) is 5.89. The van der Waals surface area contributed by atoms with E-state index in [0.717, 1.165) is 18.4 Å². The Hall–Kier alpha value is -1.70. The molecule has 2 aliphatic rings. The van der Waals surface area contributed by atoms with Crippen LogP contribution in [0.25, 0.3) is 11.0 Å². The van der Waals surface area contributed by atoms with Crippen molar-refractivity contribution in [2.45, 2.75) is 50.0 Å². The highest BCUT2D eigenvalue weighted by Gasteiger charge is 2.43. The van der Waals surface area contributed by atoms with Crippen LogP contribution in [0, 0.1) is 5.92 Å². The van der Waals surface area contributed by atoms with Gasteiger partial charge in [-0.3, -0.25) is 0 Å². The Kier molecular flexibility index (Phi) is 3.94. The van der Waals surface area contributed by atoms with E-state index >= 15 is 0 Å². The Labute approximate surface area is 141 Å². The molecule has 0 bridgehead atoms. The molecular weight excluding hydrogens is 306 g/mol. The average Bonchev–Trinajstić information content (AvgIpc) is 3.03. The lowest BCUT2D eigenvalue weighted by molar-refractivity contribution is -0.00310. The molecule has 24 heavy (non-hydrogen) atoms. The van der Waals surface area contributed by atoms with E-state index in [9.17, 15) is 10.2 Å². The molecule has 2 heterocycles. The van der Waals surface area contributed by atoms with Crippen molar-refractivity contribution in [3.63, 3.8) is 0 Å². The Balaban J connectivity index is 1.56. The second-order valence-corrected chi connectivity index (χ2v) is 7.29. The third-order valence-electron chi connectivity index (χ3n) is 5.89. The number of rotatable bonds is 4. The number of fused-ring (bicyclic) bond motifs is 1. The maximum atomic E-state index is 10.6. The number of nitrogens with zero attached hydrogens (tertiary/aromatic N) is 4. The fraction of sp³-hybridized carbons (Fsp3) is 0.647. The lowest BCUT2D eigenvalue weighted by atomic mass is 9.91. The Bertz CT molecular complexity index is 729. The standard InChI is InChI=1S/C17H25N5O2/c1-21(11-3-2-4-11)8-10-7-13(15(24)14(10)23)22-6-5-12-16(18)19-9-20-17(12)22/h5-6,9-11,13-15,23-24H,2-4,7-8H2,1H3,(H2,18,19,20). The largest absolute Gasteiger partial charge is 0.390 e. The van der Waals surface area contributed by atoms with Crippen LogP contribution in [0.2, 0.25) is 0 Å². The molecule has 0 amide bonds.